The topological polar surface area (TPSA) is 37.3 Å². The van der Waals surface area contributed by atoms with Gasteiger partial charge in [-0.05, 0) is 26.3 Å². The zero-order chi connectivity index (χ0) is 14.8. The number of rotatable bonds is 3. The molecule has 0 unspecified atom stereocenters. The molecule has 1 aromatic carbocycles. The van der Waals surface area contributed by atoms with Crippen LogP contribution in [0.2, 0.25) is 0 Å². The maximum atomic E-state index is 11.7. The highest BCUT2D eigenvalue weighted by molar-refractivity contribution is 8.16. The van der Waals surface area contributed by atoms with E-state index in [4.69, 9.17) is 0 Å². The Labute approximate surface area is 123 Å². The molecule has 0 aromatic heterocycles. The van der Waals surface area contributed by atoms with E-state index in [9.17, 15) is 9.90 Å². The molecule has 1 aliphatic heterocycles. The second-order valence-corrected chi connectivity index (χ2v) is 6.53. The van der Waals surface area contributed by atoms with E-state index >= 15 is 0 Å². The van der Waals surface area contributed by atoms with Crippen molar-refractivity contribution < 1.29 is 9.90 Å². The van der Waals surface area contributed by atoms with Gasteiger partial charge in [0.25, 0.3) is 0 Å². The summed E-state index contributed by atoms with van der Waals surface area (Å²) < 4.78 is -0.647. The van der Waals surface area contributed by atoms with Gasteiger partial charge in [0.1, 0.15) is 5.76 Å². The molecule has 0 aliphatic carbocycles. The Morgan fingerprint density at radius 1 is 1.30 bits per heavy atom. The molecule has 0 bridgehead atoms. The largest absolute Gasteiger partial charge is 0.510 e. The summed E-state index contributed by atoms with van der Waals surface area (Å²) in [6.45, 7) is 5.50. The van der Waals surface area contributed by atoms with Gasteiger partial charge in [0.2, 0.25) is 5.12 Å². The summed E-state index contributed by atoms with van der Waals surface area (Å²) in [5.74, 6) is 0.167. The van der Waals surface area contributed by atoms with Crippen LogP contribution in [0.25, 0.3) is 6.08 Å². The Morgan fingerprint density at radius 3 is 2.50 bits per heavy atom. The lowest BCUT2D eigenvalue weighted by Crippen LogP contribution is -2.17. The van der Waals surface area contributed by atoms with Gasteiger partial charge in [-0.25, -0.2) is 0 Å². The first-order chi connectivity index (χ1) is 9.42. The summed E-state index contributed by atoms with van der Waals surface area (Å²) in [5, 5.41) is 10.0. The zero-order valence-electron chi connectivity index (χ0n) is 11.9. The van der Waals surface area contributed by atoms with Crippen molar-refractivity contribution in [3.63, 3.8) is 0 Å². The van der Waals surface area contributed by atoms with Crippen molar-refractivity contribution in [3.05, 3.63) is 65.0 Å². The fourth-order valence-corrected chi connectivity index (χ4v) is 3.29. The highest BCUT2D eigenvalue weighted by Gasteiger charge is 2.40. The molecule has 20 heavy (non-hydrogen) atoms. The number of hydrogen-bond acceptors (Lipinski definition) is 3. The predicted molar refractivity (Wildman–Crippen MR) is 85.6 cm³/mol. The standard InChI is InChI=1S/C17H18O2S/c1-12(9-10-14-7-5-4-6-8-14)11-17(3)15(18)13(2)16(19)20-17/h4-11,18H,1-3H3/b10-9+,12-11+/t17-/m1/s1. The van der Waals surface area contributed by atoms with Gasteiger partial charge in [0, 0.05) is 5.57 Å². The van der Waals surface area contributed by atoms with Crippen LogP contribution in [-0.4, -0.2) is 15.0 Å². The van der Waals surface area contributed by atoms with Crippen molar-refractivity contribution >= 4 is 23.0 Å². The fraction of sp³-hybridized carbons (Fsp3) is 0.235. The third kappa shape index (κ3) is 3.05. The van der Waals surface area contributed by atoms with E-state index in [0.717, 1.165) is 22.9 Å². The fourth-order valence-electron chi connectivity index (χ4n) is 2.16. The third-order valence-corrected chi connectivity index (χ3v) is 4.50. The van der Waals surface area contributed by atoms with Gasteiger partial charge >= 0.3 is 0 Å². The van der Waals surface area contributed by atoms with Gasteiger partial charge in [-0.15, -0.1) is 0 Å². The number of aliphatic hydroxyl groups is 1. The molecule has 0 spiro atoms. The van der Waals surface area contributed by atoms with Crippen molar-refractivity contribution in [3.8, 4) is 0 Å². The third-order valence-electron chi connectivity index (χ3n) is 3.28. The summed E-state index contributed by atoms with van der Waals surface area (Å²) in [7, 11) is 0. The number of allylic oxidation sites excluding steroid dienone is 2. The normalized spacial score (nSPS) is 23.9. The summed E-state index contributed by atoms with van der Waals surface area (Å²) in [6.07, 6.45) is 5.94. The number of benzene rings is 1. The van der Waals surface area contributed by atoms with Crippen LogP contribution in [-0.2, 0) is 4.79 Å². The first-order valence-electron chi connectivity index (χ1n) is 6.48. The van der Waals surface area contributed by atoms with Gasteiger partial charge in [-0.1, -0.05) is 65.9 Å². The Morgan fingerprint density at radius 2 is 1.95 bits per heavy atom. The lowest BCUT2D eigenvalue weighted by Gasteiger charge is -2.18. The van der Waals surface area contributed by atoms with Crippen LogP contribution in [0.3, 0.4) is 0 Å². The van der Waals surface area contributed by atoms with Crippen molar-refractivity contribution in [2.45, 2.75) is 25.5 Å². The molecule has 2 nitrogen and oxygen atoms in total. The second-order valence-electron chi connectivity index (χ2n) is 5.10. The SMILES string of the molecule is CC1=C(O)[C@@](C)(/C=C(C)/C=C/c2ccccc2)SC1=O. The van der Waals surface area contributed by atoms with Crippen LogP contribution in [0.5, 0.6) is 0 Å². The van der Waals surface area contributed by atoms with E-state index in [1.54, 1.807) is 6.92 Å². The number of carbonyl (C=O) groups is 1. The van der Waals surface area contributed by atoms with Gasteiger partial charge in [0.15, 0.2) is 0 Å². The molecule has 3 heteroatoms. The molecule has 0 saturated carbocycles. The minimum absolute atomic E-state index is 0.0545. The first kappa shape index (κ1) is 14.7. The minimum Gasteiger partial charge on any atom is -0.510 e. The number of hydrogen-bond donors (Lipinski definition) is 1. The van der Waals surface area contributed by atoms with Gasteiger partial charge in [-0.3, -0.25) is 4.79 Å². The van der Waals surface area contributed by atoms with Crippen LogP contribution in [0.4, 0.5) is 0 Å². The minimum atomic E-state index is -0.647. The predicted octanol–water partition coefficient (Wildman–Crippen LogP) is 4.51. The lowest BCUT2D eigenvalue weighted by molar-refractivity contribution is -0.107. The van der Waals surface area contributed by atoms with Crippen molar-refractivity contribution in [2.24, 2.45) is 0 Å². The molecule has 1 heterocycles. The maximum absolute atomic E-state index is 11.7. The smallest absolute Gasteiger partial charge is 0.219 e. The molecule has 2 rings (SSSR count). The van der Waals surface area contributed by atoms with Crippen molar-refractivity contribution in [1.82, 2.24) is 0 Å². The second kappa shape index (κ2) is 5.71. The highest BCUT2D eigenvalue weighted by atomic mass is 32.2. The number of thioether (sulfide) groups is 1. The van der Waals surface area contributed by atoms with Gasteiger partial charge < -0.3 is 5.11 Å². The van der Waals surface area contributed by atoms with Gasteiger partial charge in [-0.2, -0.15) is 0 Å². The van der Waals surface area contributed by atoms with Gasteiger partial charge in [0.05, 0.1) is 4.75 Å². The first-order valence-corrected chi connectivity index (χ1v) is 7.30. The molecule has 0 amide bonds. The lowest BCUT2D eigenvalue weighted by atomic mass is 10.0. The molecule has 1 aliphatic rings. The van der Waals surface area contributed by atoms with E-state index in [0.29, 0.717) is 5.57 Å². The van der Waals surface area contributed by atoms with E-state index in [1.807, 2.05) is 62.4 Å². The molecule has 0 saturated heterocycles. The van der Waals surface area contributed by atoms with E-state index in [-0.39, 0.29) is 10.9 Å². The van der Waals surface area contributed by atoms with Crippen molar-refractivity contribution in [2.75, 3.05) is 0 Å². The average Bonchev–Trinajstić information content (AvgIpc) is 2.61. The van der Waals surface area contributed by atoms with E-state index in [1.165, 1.54) is 0 Å². The molecule has 104 valence electrons. The van der Waals surface area contributed by atoms with Crippen LogP contribution in [0.1, 0.15) is 26.3 Å². The quantitative estimate of drug-likeness (QED) is 0.831. The number of carbonyl (C=O) groups excluding carboxylic acids is 1. The molecule has 0 fully saturated rings. The highest BCUT2D eigenvalue weighted by Crippen LogP contribution is 2.43. The molecule has 1 N–H and O–H groups in total. The van der Waals surface area contributed by atoms with Crippen LogP contribution >= 0.6 is 11.8 Å². The van der Waals surface area contributed by atoms with Crippen LogP contribution < -0.4 is 0 Å². The summed E-state index contributed by atoms with van der Waals surface area (Å²) >= 11 is 1.16. The van der Waals surface area contributed by atoms with Crippen LogP contribution in [0, 0.1) is 0 Å². The summed E-state index contributed by atoms with van der Waals surface area (Å²) in [4.78, 5) is 11.7. The van der Waals surface area contributed by atoms with Crippen molar-refractivity contribution in [1.29, 1.82) is 0 Å². The summed E-state index contributed by atoms with van der Waals surface area (Å²) in [5.41, 5.74) is 2.59. The molecular weight excluding hydrogens is 268 g/mol. The Kier molecular flexibility index (Phi) is 4.19. The summed E-state index contributed by atoms with van der Waals surface area (Å²) in [6, 6.07) is 10.0. The molecule has 1 atom stereocenters. The Balaban J connectivity index is 2.20. The number of aliphatic hydroxyl groups excluding tert-OH is 1. The van der Waals surface area contributed by atoms with E-state index in [2.05, 4.69) is 0 Å². The zero-order valence-corrected chi connectivity index (χ0v) is 12.7. The van der Waals surface area contributed by atoms with E-state index < -0.39 is 4.75 Å². The maximum Gasteiger partial charge on any atom is 0.219 e. The molecular formula is C17H18O2S. The molecule has 1 aromatic rings. The Bertz CT molecular complexity index is 611. The van der Waals surface area contributed by atoms with Crippen LogP contribution in [0.15, 0.2) is 59.4 Å². The monoisotopic (exact) mass is 286 g/mol. The molecule has 0 radical (unpaired) electrons. The average molecular weight is 286 g/mol. The Hall–Kier alpha value is -1.74.